The van der Waals surface area contributed by atoms with Gasteiger partial charge in [-0.2, -0.15) is 0 Å². The molecule has 0 aliphatic heterocycles. The van der Waals surface area contributed by atoms with Crippen LogP contribution in [0.5, 0.6) is 0 Å². The molecule has 0 bridgehead atoms. The van der Waals surface area contributed by atoms with Crippen LogP contribution in [-0.4, -0.2) is 98.9 Å². The highest BCUT2D eigenvalue weighted by Crippen LogP contribution is 2.47. The SMILES string of the molecule is CC/C=C\C/C=C\C/C=C\C/C=C\C/C=C\CCCC(=O)OC(COCCCCCCCC/C=C\C/C=C\CCC)COP(=O)(O)OC1C(O)C(O)C(O)C(O)C1O. The van der Waals surface area contributed by atoms with Crippen LogP contribution >= 0.6 is 7.82 Å². The molecule has 13 heteroatoms. The van der Waals surface area contributed by atoms with Gasteiger partial charge in [-0.15, -0.1) is 0 Å². The molecule has 1 aliphatic rings. The first-order valence-corrected chi connectivity index (χ1v) is 22.9. The van der Waals surface area contributed by atoms with E-state index in [0.717, 1.165) is 89.9 Å². The van der Waals surface area contributed by atoms with Crippen molar-refractivity contribution in [3.8, 4) is 0 Å². The molecule has 6 N–H and O–H groups in total. The molecule has 1 saturated carbocycles. The van der Waals surface area contributed by atoms with Gasteiger partial charge in [-0.3, -0.25) is 13.8 Å². The molecule has 58 heavy (non-hydrogen) atoms. The lowest BCUT2D eigenvalue weighted by Crippen LogP contribution is -2.64. The Hall–Kier alpha value is -2.48. The van der Waals surface area contributed by atoms with Crippen LogP contribution in [0.2, 0.25) is 0 Å². The van der Waals surface area contributed by atoms with Gasteiger partial charge < -0.3 is 39.9 Å². The summed E-state index contributed by atoms with van der Waals surface area (Å²) < 4.78 is 34.0. The summed E-state index contributed by atoms with van der Waals surface area (Å²) in [7, 11) is -5.04. The third-order valence-corrected chi connectivity index (χ3v) is 10.2. The van der Waals surface area contributed by atoms with Crippen molar-refractivity contribution in [2.45, 2.75) is 172 Å². The van der Waals surface area contributed by atoms with E-state index in [-0.39, 0.29) is 13.0 Å². The van der Waals surface area contributed by atoms with Gasteiger partial charge in [0.1, 0.15) is 42.7 Å². The molecule has 0 saturated heterocycles. The Bertz CT molecular complexity index is 1280. The highest BCUT2D eigenvalue weighted by molar-refractivity contribution is 7.47. The fourth-order valence-corrected chi connectivity index (χ4v) is 6.81. The van der Waals surface area contributed by atoms with Gasteiger partial charge >= 0.3 is 13.8 Å². The number of carbonyl (C=O) groups is 1. The maximum Gasteiger partial charge on any atom is 0.472 e. The van der Waals surface area contributed by atoms with E-state index in [1.54, 1.807) is 0 Å². The molecule has 0 amide bonds. The fraction of sp³-hybridized carbons (Fsp3) is 0.667. The van der Waals surface area contributed by atoms with Crippen molar-refractivity contribution in [1.29, 1.82) is 0 Å². The van der Waals surface area contributed by atoms with E-state index in [0.29, 0.717) is 19.4 Å². The summed E-state index contributed by atoms with van der Waals surface area (Å²) >= 11 is 0. The van der Waals surface area contributed by atoms with Crippen LogP contribution in [0.4, 0.5) is 0 Å². The monoisotopic (exact) mass is 838 g/mol. The number of hydrogen-bond acceptors (Lipinski definition) is 11. The summed E-state index contributed by atoms with van der Waals surface area (Å²) in [4.78, 5) is 23.1. The minimum absolute atomic E-state index is 0.0997. The molecule has 1 aliphatic carbocycles. The van der Waals surface area contributed by atoms with E-state index in [2.05, 4.69) is 86.8 Å². The largest absolute Gasteiger partial charge is 0.472 e. The number of esters is 1. The summed E-state index contributed by atoms with van der Waals surface area (Å²) in [5.74, 6) is -0.542. The van der Waals surface area contributed by atoms with Gasteiger partial charge in [0.25, 0.3) is 0 Å². The molecule has 0 aromatic heterocycles. The second-order valence-corrected chi connectivity index (χ2v) is 15.9. The lowest BCUT2D eigenvalue weighted by atomic mass is 9.85. The zero-order valence-electron chi connectivity index (χ0n) is 35.1. The third-order valence-electron chi connectivity index (χ3n) is 9.23. The molecule has 0 spiro atoms. The van der Waals surface area contributed by atoms with Crippen molar-refractivity contribution >= 4 is 13.8 Å². The number of ether oxygens (including phenoxy) is 2. The molecular formula is C45H75O12P. The number of phosphoric ester groups is 1. The van der Waals surface area contributed by atoms with Gasteiger partial charge in [-0.25, -0.2) is 4.57 Å². The van der Waals surface area contributed by atoms with Crippen LogP contribution < -0.4 is 0 Å². The zero-order valence-corrected chi connectivity index (χ0v) is 35.9. The van der Waals surface area contributed by atoms with E-state index in [1.807, 2.05) is 12.2 Å². The first kappa shape index (κ1) is 53.5. The van der Waals surface area contributed by atoms with Crippen LogP contribution in [0.15, 0.2) is 85.1 Å². The number of allylic oxidation sites excluding steroid dienone is 14. The van der Waals surface area contributed by atoms with Crippen LogP contribution in [0, 0.1) is 0 Å². The number of carbonyl (C=O) groups excluding carboxylic acids is 1. The number of hydrogen-bond donors (Lipinski definition) is 6. The third kappa shape index (κ3) is 27.3. The fourth-order valence-electron chi connectivity index (χ4n) is 5.84. The van der Waals surface area contributed by atoms with Crippen LogP contribution in [0.3, 0.4) is 0 Å². The molecule has 6 unspecified atom stereocenters. The van der Waals surface area contributed by atoms with Crippen molar-refractivity contribution < 1.29 is 58.3 Å². The van der Waals surface area contributed by atoms with Crippen molar-refractivity contribution in [1.82, 2.24) is 0 Å². The Morgan fingerprint density at radius 1 is 0.569 bits per heavy atom. The van der Waals surface area contributed by atoms with E-state index in [1.165, 1.54) is 6.42 Å². The highest BCUT2D eigenvalue weighted by atomic mass is 31.2. The second-order valence-electron chi connectivity index (χ2n) is 14.5. The van der Waals surface area contributed by atoms with Gasteiger partial charge in [0.15, 0.2) is 0 Å². The molecule has 0 aromatic rings. The predicted octanol–water partition coefficient (Wildman–Crippen LogP) is 8.19. The molecule has 1 fully saturated rings. The van der Waals surface area contributed by atoms with Gasteiger partial charge in [-0.05, 0) is 77.0 Å². The maximum absolute atomic E-state index is 12.8. The minimum Gasteiger partial charge on any atom is -0.457 e. The van der Waals surface area contributed by atoms with Gasteiger partial charge in [-0.1, -0.05) is 131 Å². The number of aliphatic hydroxyl groups excluding tert-OH is 5. The maximum atomic E-state index is 12.8. The lowest BCUT2D eigenvalue weighted by Gasteiger charge is -2.41. The van der Waals surface area contributed by atoms with Crippen molar-refractivity contribution in [2.24, 2.45) is 0 Å². The predicted molar refractivity (Wildman–Crippen MR) is 230 cm³/mol. The van der Waals surface area contributed by atoms with Crippen molar-refractivity contribution in [3.05, 3.63) is 85.1 Å². The van der Waals surface area contributed by atoms with Crippen LogP contribution in [-0.2, 0) is 27.9 Å². The Kier molecular flexibility index (Phi) is 32.6. The normalized spacial score (nSPS) is 23.5. The highest BCUT2D eigenvalue weighted by Gasteiger charge is 2.51. The quantitative estimate of drug-likeness (QED) is 0.0158. The molecular weight excluding hydrogens is 763 g/mol. The lowest BCUT2D eigenvalue weighted by molar-refractivity contribution is -0.220. The smallest absolute Gasteiger partial charge is 0.457 e. The Balaban J connectivity index is 2.50. The number of phosphoric acid groups is 1. The average Bonchev–Trinajstić information content (AvgIpc) is 3.21. The topological polar surface area (TPSA) is 192 Å². The van der Waals surface area contributed by atoms with Crippen LogP contribution in [0.25, 0.3) is 0 Å². The van der Waals surface area contributed by atoms with Crippen molar-refractivity contribution in [3.63, 3.8) is 0 Å². The Labute approximate surface area is 348 Å². The summed E-state index contributed by atoms with van der Waals surface area (Å²) in [6.45, 7) is 3.96. The zero-order chi connectivity index (χ0) is 42.7. The molecule has 12 nitrogen and oxygen atoms in total. The molecule has 1 rings (SSSR count). The van der Waals surface area contributed by atoms with E-state index in [4.69, 9.17) is 18.5 Å². The summed E-state index contributed by atoms with van der Waals surface area (Å²) in [5.41, 5.74) is 0. The Morgan fingerprint density at radius 2 is 1.02 bits per heavy atom. The molecule has 6 atom stereocenters. The average molecular weight is 839 g/mol. The first-order valence-electron chi connectivity index (χ1n) is 21.4. The number of unbranched alkanes of at least 4 members (excludes halogenated alkanes) is 8. The molecule has 0 aromatic carbocycles. The Morgan fingerprint density at radius 3 is 1.55 bits per heavy atom. The number of rotatable bonds is 34. The summed E-state index contributed by atoms with van der Waals surface area (Å²) in [5, 5.41) is 50.1. The van der Waals surface area contributed by atoms with Crippen LogP contribution in [0.1, 0.15) is 129 Å². The van der Waals surface area contributed by atoms with Gasteiger partial charge in [0, 0.05) is 13.0 Å². The molecule has 0 radical (unpaired) electrons. The minimum atomic E-state index is -5.04. The first-order chi connectivity index (χ1) is 28.0. The standard InChI is InChI=1S/C45H75O12P/c1-3-5-7-9-11-13-15-17-19-20-21-22-24-26-28-30-32-34-39(46)56-38(36-54-35-33-31-29-27-25-23-18-16-14-12-10-8-6-4-2)37-55-58(52,53)57-45-43(50)41(48)40(47)42(49)44(45)51/h5,7-8,10-11,13-14,16-17,19,21-22,26,28,38,40-45,47-51H,3-4,6,9,12,15,18,20,23-25,27,29-37H2,1-2H3,(H,52,53)/b7-5-,10-8-,13-11-,16-14-,19-17-,22-21-,28-26-. The van der Waals surface area contributed by atoms with Gasteiger partial charge in [0.2, 0.25) is 0 Å². The summed E-state index contributed by atoms with van der Waals surface area (Å²) in [6.07, 6.45) is 33.7. The van der Waals surface area contributed by atoms with Crippen molar-refractivity contribution in [2.75, 3.05) is 19.8 Å². The number of aliphatic hydroxyl groups is 5. The molecule has 0 heterocycles. The summed E-state index contributed by atoms with van der Waals surface area (Å²) in [6, 6.07) is 0. The second kappa shape index (κ2) is 35.3. The molecule has 332 valence electrons. The van der Waals surface area contributed by atoms with E-state index in [9.17, 15) is 39.8 Å². The van der Waals surface area contributed by atoms with Gasteiger partial charge in [0.05, 0.1) is 13.2 Å². The van der Waals surface area contributed by atoms with E-state index >= 15 is 0 Å². The van der Waals surface area contributed by atoms with E-state index < -0.39 is 63.1 Å².